The molecule has 0 nitrogen and oxygen atoms in total. The zero-order valence-electron chi connectivity index (χ0n) is 18.1. The Hall–Kier alpha value is -1.41. The van der Waals surface area contributed by atoms with Crippen molar-refractivity contribution in [3.8, 4) is 11.1 Å². The van der Waals surface area contributed by atoms with Gasteiger partial charge in [0.2, 0.25) is 0 Å². The second-order valence-corrected chi connectivity index (χ2v) is 14.3. The molecule has 0 bridgehead atoms. The molecule has 2 aromatic rings. The van der Waals surface area contributed by atoms with E-state index in [1.807, 2.05) is 12.1 Å². The molecule has 1 aliphatic heterocycles. The second kappa shape index (κ2) is 9.87. The van der Waals surface area contributed by atoms with Gasteiger partial charge in [-0.15, -0.1) is 0 Å². The van der Waals surface area contributed by atoms with Crippen LogP contribution in [0, 0.1) is 5.82 Å². The summed E-state index contributed by atoms with van der Waals surface area (Å²) in [7, 11) is -1.03. The van der Waals surface area contributed by atoms with E-state index in [0.717, 1.165) is 24.0 Å². The quantitative estimate of drug-likeness (QED) is 0.309. The predicted octanol–water partition coefficient (Wildman–Crippen LogP) is 8.59. The van der Waals surface area contributed by atoms with Crippen LogP contribution in [0.2, 0.25) is 24.7 Å². The van der Waals surface area contributed by atoms with E-state index < -0.39 is 8.07 Å². The molecule has 1 saturated heterocycles. The minimum atomic E-state index is -1.03. The summed E-state index contributed by atoms with van der Waals surface area (Å²) in [5.41, 5.74) is 4.27. The molecule has 0 aromatic heterocycles. The summed E-state index contributed by atoms with van der Waals surface area (Å²) in [5, 5.41) is 0. The molecular weight excluding hydrogens is 359 g/mol. The van der Waals surface area contributed by atoms with Gasteiger partial charge in [0, 0.05) is 5.56 Å². The highest BCUT2D eigenvalue weighted by molar-refractivity contribution is 6.78. The van der Waals surface area contributed by atoms with Gasteiger partial charge in [-0.2, -0.15) is 0 Å². The van der Waals surface area contributed by atoms with Crippen LogP contribution in [0.4, 0.5) is 4.39 Å². The van der Waals surface area contributed by atoms with Crippen molar-refractivity contribution in [2.45, 2.75) is 89.4 Å². The molecule has 1 aliphatic rings. The van der Waals surface area contributed by atoms with E-state index in [4.69, 9.17) is 0 Å². The van der Waals surface area contributed by atoms with Gasteiger partial charge in [0.05, 0.1) is 8.07 Å². The Labute approximate surface area is 172 Å². The third-order valence-corrected chi connectivity index (χ3v) is 11.4. The fourth-order valence-corrected chi connectivity index (χ4v) is 8.80. The summed E-state index contributed by atoms with van der Waals surface area (Å²) < 4.78 is 14.9. The Balaban J connectivity index is 1.64. The van der Waals surface area contributed by atoms with Crippen LogP contribution in [-0.2, 0) is 6.42 Å². The van der Waals surface area contributed by atoms with Gasteiger partial charge >= 0.3 is 0 Å². The normalized spacial score (nSPS) is 22.4. The van der Waals surface area contributed by atoms with Gasteiger partial charge in [-0.3, -0.25) is 0 Å². The molecule has 0 atom stereocenters. The van der Waals surface area contributed by atoms with E-state index in [0.29, 0.717) is 5.92 Å². The Bertz CT molecular complexity index is 742. The average molecular weight is 397 g/mol. The Morgan fingerprint density at radius 2 is 1.64 bits per heavy atom. The lowest BCUT2D eigenvalue weighted by Crippen LogP contribution is -2.34. The third kappa shape index (κ3) is 5.35. The molecule has 0 amide bonds. The second-order valence-electron chi connectivity index (χ2n) is 9.23. The zero-order valence-corrected chi connectivity index (χ0v) is 19.1. The topological polar surface area (TPSA) is 0 Å². The number of hydrogen-bond acceptors (Lipinski definition) is 0. The fraction of sp³-hybridized carbons (Fsp3) is 0.538. The SMILES string of the molecule is CCCCC[Si]1(C)CCC(c2ccc(-c3ccc(CCC)cc3)c(F)c2)CC1. The molecule has 0 unspecified atom stereocenters. The van der Waals surface area contributed by atoms with E-state index in [2.05, 4.69) is 50.7 Å². The van der Waals surface area contributed by atoms with Crippen molar-refractivity contribution in [2.75, 3.05) is 0 Å². The maximum absolute atomic E-state index is 14.9. The van der Waals surface area contributed by atoms with Crippen molar-refractivity contribution in [2.24, 2.45) is 0 Å². The number of unbranched alkanes of at least 4 members (excludes halogenated alkanes) is 2. The number of hydrogen-bond donors (Lipinski definition) is 0. The van der Waals surface area contributed by atoms with Crippen LogP contribution < -0.4 is 0 Å². The lowest BCUT2D eigenvalue weighted by molar-refractivity contribution is 0.582. The standard InChI is InChI=1S/C26H37FSi/c1-4-6-7-17-28(3)18-15-22(16-19-28)24-13-14-25(26(27)20-24)23-11-9-21(8-5-2)10-12-23/h9-14,20,22H,4-8,15-19H2,1-3H3. The maximum Gasteiger partial charge on any atom is 0.131 e. The number of aryl methyl sites for hydroxylation is 1. The van der Waals surface area contributed by atoms with E-state index in [9.17, 15) is 4.39 Å². The van der Waals surface area contributed by atoms with Gasteiger partial charge in [0.25, 0.3) is 0 Å². The molecule has 1 fully saturated rings. The summed E-state index contributed by atoms with van der Waals surface area (Å²) in [5.74, 6) is 0.497. The fourth-order valence-electron chi connectivity index (χ4n) is 4.86. The van der Waals surface area contributed by atoms with Crippen molar-refractivity contribution in [3.05, 3.63) is 59.4 Å². The first kappa shape index (κ1) is 21.3. The van der Waals surface area contributed by atoms with E-state index in [-0.39, 0.29) is 5.82 Å². The molecule has 2 aromatic carbocycles. The van der Waals surface area contributed by atoms with Crippen LogP contribution in [0.1, 0.15) is 69.4 Å². The van der Waals surface area contributed by atoms with Gasteiger partial charge in [-0.05, 0) is 47.9 Å². The van der Waals surface area contributed by atoms with Crippen LogP contribution >= 0.6 is 0 Å². The van der Waals surface area contributed by atoms with Crippen molar-refractivity contribution < 1.29 is 4.39 Å². The number of rotatable bonds is 8. The van der Waals surface area contributed by atoms with Crippen LogP contribution in [-0.4, -0.2) is 8.07 Å². The Kier molecular flexibility index (Phi) is 7.51. The summed E-state index contributed by atoms with van der Waals surface area (Å²) >= 11 is 0. The highest BCUT2D eigenvalue weighted by atomic mass is 28.3. The van der Waals surface area contributed by atoms with Crippen molar-refractivity contribution >= 4 is 8.07 Å². The minimum absolute atomic E-state index is 0.0609. The van der Waals surface area contributed by atoms with E-state index >= 15 is 0 Å². The molecule has 0 saturated carbocycles. The summed E-state index contributed by atoms with van der Waals surface area (Å²) in [6.07, 6.45) is 8.88. The van der Waals surface area contributed by atoms with Gasteiger partial charge in [-0.25, -0.2) is 4.39 Å². The number of benzene rings is 2. The molecular formula is C26H37FSi. The smallest absolute Gasteiger partial charge is 0.131 e. The first-order valence-corrected chi connectivity index (χ1v) is 14.6. The Morgan fingerprint density at radius 1 is 0.929 bits per heavy atom. The van der Waals surface area contributed by atoms with Crippen molar-refractivity contribution in [3.63, 3.8) is 0 Å². The zero-order chi connectivity index (χ0) is 20.0. The van der Waals surface area contributed by atoms with Crippen molar-refractivity contribution in [1.29, 1.82) is 0 Å². The van der Waals surface area contributed by atoms with E-state index in [1.165, 1.54) is 61.4 Å². The van der Waals surface area contributed by atoms with Crippen LogP contribution in [0.25, 0.3) is 11.1 Å². The molecule has 0 radical (unpaired) electrons. The average Bonchev–Trinajstić information content (AvgIpc) is 2.70. The van der Waals surface area contributed by atoms with Crippen LogP contribution in [0.5, 0.6) is 0 Å². The lowest BCUT2D eigenvalue weighted by atomic mass is 9.91. The molecule has 2 heteroatoms. The number of halogens is 1. The van der Waals surface area contributed by atoms with Gasteiger partial charge < -0.3 is 0 Å². The first-order chi connectivity index (χ1) is 13.5. The Morgan fingerprint density at radius 3 is 2.25 bits per heavy atom. The summed E-state index contributed by atoms with van der Waals surface area (Å²) in [6, 6.07) is 18.8. The minimum Gasteiger partial charge on any atom is -0.206 e. The largest absolute Gasteiger partial charge is 0.206 e. The van der Waals surface area contributed by atoms with Gasteiger partial charge in [0.15, 0.2) is 0 Å². The van der Waals surface area contributed by atoms with E-state index in [1.54, 1.807) is 0 Å². The summed E-state index contributed by atoms with van der Waals surface area (Å²) in [4.78, 5) is 0. The third-order valence-electron chi connectivity index (χ3n) is 6.84. The maximum atomic E-state index is 14.9. The highest BCUT2D eigenvalue weighted by Crippen LogP contribution is 2.41. The molecule has 0 N–H and O–H groups in total. The molecule has 152 valence electrons. The van der Waals surface area contributed by atoms with Crippen molar-refractivity contribution in [1.82, 2.24) is 0 Å². The molecule has 0 aliphatic carbocycles. The molecule has 28 heavy (non-hydrogen) atoms. The molecule has 1 heterocycles. The first-order valence-electron chi connectivity index (χ1n) is 11.4. The van der Waals surface area contributed by atoms with Crippen LogP contribution in [0.15, 0.2) is 42.5 Å². The van der Waals surface area contributed by atoms with Gasteiger partial charge in [0.1, 0.15) is 5.82 Å². The molecule has 3 rings (SSSR count). The monoisotopic (exact) mass is 396 g/mol. The highest BCUT2D eigenvalue weighted by Gasteiger charge is 2.33. The lowest BCUT2D eigenvalue weighted by Gasteiger charge is -2.36. The summed E-state index contributed by atoms with van der Waals surface area (Å²) in [6.45, 7) is 7.08. The van der Waals surface area contributed by atoms with Crippen LogP contribution in [0.3, 0.4) is 0 Å². The van der Waals surface area contributed by atoms with Gasteiger partial charge in [-0.1, -0.05) is 101 Å². The predicted molar refractivity (Wildman–Crippen MR) is 123 cm³/mol. The molecule has 0 spiro atoms.